The van der Waals surface area contributed by atoms with E-state index in [4.69, 9.17) is 5.73 Å². The van der Waals surface area contributed by atoms with E-state index in [1.165, 1.54) is 124 Å². The molecule has 1 aliphatic carbocycles. The first kappa shape index (κ1) is 41.8. The van der Waals surface area contributed by atoms with Crippen molar-refractivity contribution < 1.29 is 0 Å². The number of unbranched alkanes of at least 4 members (excludes halogenated alkanes) is 6. The Morgan fingerprint density at radius 2 is 1.28 bits per heavy atom. The lowest BCUT2D eigenvalue weighted by molar-refractivity contribution is 0.400. The minimum Gasteiger partial charge on any atom is -0.398 e. The number of nitrogen functional groups attached to an aromatic ring is 1. The number of thiophene rings is 1. The number of hydrogen-bond donors (Lipinski definition) is 1. The standard InChI is InChI=1S/C52H71NS/c1-12-15-17-19-32-52(33-20-18-16-13-2)45-34-39(24-26-43(45)44-27-25-40(35-46(44)52)50(6,7)8)36(4)22-23-38(21-14-3)42-29-28-41(37(5)49(42)53)47-30-31-48(54-47)51(9,10)11/h22-31,34-35H,12-21,32-33,53H2,1-11H3/b36-22+,38-23+. The van der Waals surface area contributed by atoms with Crippen LogP contribution in [-0.2, 0) is 16.2 Å². The van der Waals surface area contributed by atoms with Crippen molar-refractivity contribution in [2.45, 2.75) is 169 Å². The second kappa shape index (κ2) is 17.6. The molecule has 0 radical (unpaired) electrons. The van der Waals surface area contributed by atoms with Crippen molar-refractivity contribution in [2.24, 2.45) is 0 Å². The van der Waals surface area contributed by atoms with Crippen LogP contribution >= 0.6 is 11.3 Å². The van der Waals surface area contributed by atoms with E-state index in [1.54, 1.807) is 11.1 Å². The third-order valence-corrected chi connectivity index (χ3v) is 13.7. The van der Waals surface area contributed by atoms with Gasteiger partial charge in [-0.05, 0) is 118 Å². The van der Waals surface area contributed by atoms with E-state index in [-0.39, 0.29) is 16.2 Å². The highest BCUT2D eigenvalue weighted by atomic mass is 32.1. The van der Waals surface area contributed by atoms with E-state index in [0.29, 0.717) is 0 Å². The Bertz CT molecular complexity index is 1940. The molecule has 0 amide bonds. The SMILES string of the molecule is CCCCCCC1(CCCCCC)c2cc(/C(C)=C/C=C(\CCC)c3ccc(-c4ccc(C(C)(C)C)s4)c(C)c3N)ccc2-c2ccc(C(C)(C)C)cc21. The summed E-state index contributed by atoms with van der Waals surface area (Å²) in [5, 5.41) is 0. The highest BCUT2D eigenvalue weighted by molar-refractivity contribution is 7.15. The second-order valence-corrected chi connectivity index (χ2v) is 19.5. The van der Waals surface area contributed by atoms with E-state index in [9.17, 15) is 0 Å². The van der Waals surface area contributed by atoms with Gasteiger partial charge in [-0.3, -0.25) is 0 Å². The van der Waals surface area contributed by atoms with Gasteiger partial charge < -0.3 is 5.73 Å². The van der Waals surface area contributed by atoms with E-state index >= 15 is 0 Å². The molecule has 1 aromatic heterocycles. The van der Waals surface area contributed by atoms with Crippen molar-refractivity contribution in [1.82, 2.24) is 0 Å². The van der Waals surface area contributed by atoms with Gasteiger partial charge in [0.05, 0.1) is 0 Å². The van der Waals surface area contributed by atoms with Gasteiger partial charge in [0, 0.05) is 26.4 Å². The topological polar surface area (TPSA) is 26.0 Å². The van der Waals surface area contributed by atoms with Crippen molar-refractivity contribution in [3.8, 4) is 21.6 Å². The summed E-state index contributed by atoms with van der Waals surface area (Å²) in [5.41, 5.74) is 23.3. The van der Waals surface area contributed by atoms with Crippen LogP contribution in [-0.4, -0.2) is 0 Å². The molecule has 1 aliphatic rings. The number of anilines is 1. The molecule has 54 heavy (non-hydrogen) atoms. The highest BCUT2D eigenvalue weighted by Gasteiger charge is 2.43. The zero-order chi connectivity index (χ0) is 39.3. The number of fused-ring (bicyclic) bond motifs is 3. The summed E-state index contributed by atoms with van der Waals surface area (Å²) in [6.45, 7) is 25.4. The van der Waals surface area contributed by atoms with Crippen LogP contribution in [0.25, 0.3) is 32.7 Å². The van der Waals surface area contributed by atoms with E-state index in [2.05, 4.69) is 149 Å². The van der Waals surface area contributed by atoms with Crippen LogP contribution in [0, 0.1) is 6.92 Å². The lowest BCUT2D eigenvalue weighted by Crippen LogP contribution is -2.26. The summed E-state index contributed by atoms with van der Waals surface area (Å²) in [7, 11) is 0. The van der Waals surface area contributed by atoms with E-state index in [0.717, 1.165) is 18.5 Å². The fourth-order valence-electron chi connectivity index (χ4n) is 8.64. The lowest BCUT2D eigenvalue weighted by Gasteiger charge is -2.34. The summed E-state index contributed by atoms with van der Waals surface area (Å²) < 4.78 is 0. The number of hydrogen-bond acceptors (Lipinski definition) is 2. The van der Waals surface area contributed by atoms with Gasteiger partial charge in [-0.1, -0.05) is 175 Å². The first-order chi connectivity index (χ1) is 25.7. The van der Waals surface area contributed by atoms with Crippen LogP contribution in [0.5, 0.6) is 0 Å². The molecule has 0 spiro atoms. The van der Waals surface area contributed by atoms with Gasteiger partial charge in [0.1, 0.15) is 0 Å². The average molecular weight is 742 g/mol. The summed E-state index contributed by atoms with van der Waals surface area (Å²) in [4.78, 5) is 2.70. The molecule has 1 heterocycles. The Balaban J connectivity index is 1.55. The van der Waals surface area contributed by atoms with Crippen LogP contribution in [0.3, 0.4) is 0 Å². The molecule has 0 aliphatic heterocycles. The molecular weight excluding hydrogens is 671 g/mol. The van der Waals surface area contributed by atoms with Crippen LogP contribution in [0.1, 0.15) is 185 Å². The minimum atomic E-state index is 0.0663. The maximum absolute atomic E-state index is 6.99. The first-order valence-electron chi connectivity index (χ1n) is 21.3. The average Bonchev–Trinajstić information content (AvgIpc) is 3.73. The molecular formula is C52H71NS. The first-order valence-corrected chi connectivity index (χ1v) is 22.2. The van der Waals surface area contributed by atoms with Crippen LogP contribution < -0.4 is 5.73 Å². The van der Waals surface area contributed by atoms with Gasteiger partial charge in [-0.2, -0.15) is 0 Å². The largest absolute Gasteiger partial charge is 0.398 e. The second-order valence-electron chi connectivity index (χ2n) is 18.4. The summed E-state index contributed by atoms with van der Waals surface area (Å²) in [6.07, 6.45) is 19.6. The van der Waals surface area contributed by atoms with E-state index < -0.39 is 0 Å². The van der Waals surface area contributed by atoms with Crippen molar-refractivity contribution in [3.05, 3.63) is 111 Å². The third-order valence-electron chi connectivity index (χ3n) is 12.1. The highest BCUT2D eigenvalue weighted by Crippen LogP contribution is 2.55. The van der Waals surface area contributed by atoms with Crippen molar-refractivity contribution in [3.63, 3.8) is 0 Å². The molecule has 5 rings (SSSR count). The number of benzene rings is 3. The number of rotatable bonds is 16. The molecule has 0 fully saturated rings. The van der Waals surface area contributed by atoms with E-state index in [1.807, 2.05) is 11.3 Å². The predicted molar refractivity (Wildman–Crippen MR) is 243 cm³/mol. The Morgan fingerprint density at radius 1 is 0.667 bits per heavy atom. The van der Waals surface area contributed by atoms with Gasteiger partial charge in [-0.15, -0.1) is 11.3 Å². The van der Waals surface area contributed by atoms with Gasteiger partial charge in [0.15, 0.2) is 0 Å². The molecule has 3 aromatic carbocycles. The van der Waals surface area contributed by atoms with Crippen LogP contribution in [0.2, 0.25) is 0 Å². The van der Waals surface area contributed by atoms with Crippen molar-refractivity contribution >= 4 is 28.2 Å². The fourth-order valence-corrected chi connectivity index (χ4v) is 9.78. The predicted octanol–water partition coefficient (Wildman–Crippen LogP) is 16.4. The van der Waals surface area contributed by atoms with Crippen molar-refractivity contribution in [1.29, 1.82) is 0 Å². The number of allylic oxidation sites excluding steroid dienone is 4. The Kier molecular flexibility index (Phi) is 13.6. The molecule has 290 valence electrons. The summed E-state index contributed by atoms with van der Waals surface area (Å²) >= 11 is 1.89. The lowest BCUT2D eigenvalue weighted by atomic mass is 9.69. The van der Waals surface area contributed by atoms with Gasteiger partial charge in [0.25, 0.3) is 0 Å². The fraction of sp³-hybridized carbons (Fsp3) is 0.500. The van der Waals surface area contributed by atoms with Crippen LogP contribution in [0.15, 0.2) is 72.8 Å². The summed E-state index contributed by atoms with van der Waals surface area (Å²) in [6, 6.07) is 24.0. The molecule has 2 N–H and O–H groups in total. The maximum atomic E-state index is 6.99. The molecule has 4 aromatic rings. The molecule has 0 saturated carbocycles. The molecule has 0 bridgehead atoms. The third kappa shape index (κ3) is 9.02. The Hall–Kier alpha value is -3.36. The van der Waals surface area contributed by atoms with Gasteiger partial charge in [0.2, 0.25) is 0 Å². The monoisotopic (exact) mass is 742 g/mol. The molecule has 0 unspecified atom stereocenters. The Labute approximate surface area is 334 Å². The Morgan fingerprint density at radius 3 is 1.85 bits per heavy atom. The molecule has 2 heteroatoms. The van der Waals surface area contributed by atoms with Gasteiger partial charge >= 0.3 is 0 Å². The smallest absolute Gasteiger partial charge is 0.0426 e. The minimum absolute atomic E-state index is 0.0663. The maximum Gasteiger partial charge on any atom is 0.0426 e. The normalized spacial score (nSPS) is 14.4. The zero-order valence-electron chi connectivity index (χ0n) is 35.9. The van der Waals surface area contributed by atoms with Gasteiger partial charge in [-0.25, -0.2) is 0 Å². The van der Waals surface area contributed by atoms with Crippen LogP contribution in [0.4, 0.5) is 5.69 Å². The van der Waals surface area contributed by atoms with Crippen molar-refractivity contribution in [2.75, 3.05) is 5.73 Å². The molecule has 0 atom stereocenters. The quantitative estimate of drug-likeness (QED) is 0.0691. The molecule has 0 saturated heterocycles. The summed E-state index contributed by atoms with van der Waals surface area (Å²) in [5.74, 6) is 0. The zero-order valence-corrected chi connectivity index (χ0v) is 36.7. The molecule has 1 nitrogen and oxygen atoms in total. The number of nitrogens with two attached hydrogens (primary N) is 1.